The monoisotopic (exact) mass is 433 g/mol. The number of aromatic nitrogens is 2. The number of benzene rings is 2. The van der Waals surface area contributed by atoms with E-state index in [2.05, 4.69) is 9.97 Å². The van der Waals surface area contributed by atoms with Gasteiger partial charge in [-0.05, 0) is 36.8 Å². The maximum atomic E-state index is 11.1. The van der Waals surface area contributed by atoms with Crippen molar-refractivity contribution < 1.29 is 10.0 Å². The Labute approximate surface area is 177 Å². The largest absolute Gasteiger partial charge is 0.289 e. The molecule has 3 rings (SSSR count). The number of amides is 1. The summed E-state index contributed by atoms with van der Waals surface area (Å²) in [6.45, 7) is 0. The van der Waals surface area contributed by atoms with Gasteiger partial charge in [-0.1, -0.05) is 59.2 Å². The molecule has 3 aromatic rings. The second-order valence-corrected chi connectivity index (χ2v) is 7.86. The molecule has 1 heterocycles. The van der Waals surface area contributed by atoms with Crippen LogP contribution in [0.2, 0.25) is 10.0 Å². The van der Waals surface area contributed by atoms with Gasteiger partial charge in [-0.2, -0.15) is 0 Å². The highest BCUT2D eigenvalue weighted by Gasteiger charge is 2.10. The summed E-state index contributed by atoms with van der Waals surface area (Å²) < 4.78 is 0. The molecule has 0 aliphatic heterocycles. The Bertz CT molecular complexity index is 887. The van der Waals surface area contributed by atoms with Crippen molar-refractivity contribution in [2.75, 3.05) is 5.75 Å². The molecule has 8 heteroatoms. The van der Waals surface area contributed by atoms with Crippen LogP contribution in [-0.4, -0.2) is 26.8 Å². The molecule has 144 valence electrons. The molecular formula is C20H17Cl2N3O2S. The Morgan fingerprint density at radius 2 is 1.43 bits per heavy atom. The molecule has 0 radical (unpaired) electrons. The van der Waals surface area contributed by atoms with E-state index in [1.54, 1.807) is 5.48 Å². The van der Waals surface area contributed by atoms with Crippen LogP contribution in [0, 0.1) is 0 Å². The number of hydroxylamine groups is 1. The van der Waals surface area contributed by atoms with Crippen LogP contribution in [0.4, 0.5) is 0 Å². The predicted octanol–water partition coefficient (Wildman–Crippen LogP) is 5.50. The molecule has 2 N–H and O–H groups in total. The Morgan fingerprint density at radius 3 is 1.89 bits per heavy atom. The maximum absolute atomic E-state index is 11.1. The molecule has 0 saturated carbocycles. The average Bonchev–Trinajstić information content (AvgIpc) is 2.72. The van der Waals surface area contributed by atoms with Crippen molar-refractivity contribution >= 4 is 40.9 Å². The van der Waals surface area contributed by atoms with Gasteiger partial charge in [-0.25, -0.2) is 15.4 Å². The number of hydrogen-bond acceptors (Lipinski definition) is 5. The molecule has 0 spiro atoms. The van der Waals surface area contributed by atoms with Crippen molar-refractivity contribution in [3.8, 4) is 22.5 Å². The average molecular weight is 434 g/mol. The second-order valence-electron chi connectivity index (χ2n) is 5.92. The number of carbonyl (C=O) groups is 1. The van der Waals surface area contributed by atoms with E-state index in [1.807, 2.05) is 54.6 Å². The quantitative estimate of drug-likeness (QED) is 0.169. The summed E-state index contributed by atoms with van der Waals surface area (Å²) in [6, 6.07) is 16.9. The van der Waals surface area contributed by atoms with Gasteiger partial charge in [-0.3, -0.25) is 10.0 Å². The van der Waals surface area contributed by atoms with Crippen molar-refractivity contribution in [3.05, 3.63) is 64.6 Å². The predicted molar refractivity (Wildman–Crippen MR) is 113 cm³/mol. The highest BCUT2D eigenvalue weighted by atomic mass is 35.5. The topological polar surface area (TPSA) is 75.1 Å². The third-order valence-corrected chi connectivity index (χ3v) is 5.33. The van der Waals surface area contributed by atoms with Gasteiger partial charge in [0.2, 0.25) is 5.91 Å². The lowest BCUT2D eigenvalue weighted by Gasteiger charge is -2.09. The van der Waals surface area contributed by atoms with Crippen LogP contribution in [0.3, 0.4) is 0 Å². The second kappa shape index (κ2) is 9.89. The number of rotatable bonds is 7. The summed E-state index contributed by atoms with van der Waals surface area (Å²) in [7, 11) is 0. The fraction of sp³-hybridized carbons (Fsp3) is 0.150. The normalized spacial score (nSPS) is 10.7. The first-order valence-corrected chi connectivity index (χ1v) is 10.3. The molecule has 0 fully saturated rings. The molecule has 0 bridgehead atoms. The third-order valence-electron chi connectivity index (χ3n) is 3.89. The Hall–Kier alpha value is -2.12. The Morgan fingerprint density at radius 1 is 0.929 bits per heavy atom. The minimum atomic E-state index is -0.404. The lowest BCUT2D eigenvalue weighted by atomic mass is 10.1. The smallest absolute Gasteiger partial charge is 0.243 e. The molecule has 0 saturated heterocycles. The van der Waals surface area contributed by atoms with Gasteiger partial charge in [0, 0.05) is 33.3 Å². The molecule has 0 aliphatic rings. The number of hydrogen-bond donors (Lipinski definition) is 2. The van der Waals surface area contributed by atoms with E-state index in [9.17, 15) is 4.79 Å². The zero-order valence-corrected chi connectivity index (χ0v) is 17.1. The summed E-state index contributed by atoms with van der Waals surface area (Å²) in [5.41, 5.74) is 5.07. The Balaban J connectivity index is 1.88. The summed E-state index contributed by atoms with van der Waals surface area (Å²) in [6.07, 6.45) is 0.840. The van der Waals surface area contributed by atoms with Crippen molar-refractivity contribution in [3.63, 3.8) is 0 Å². The minimum absolute atomic E-state index is 0.240. The number of nitrogens with zero attached hydrogens (tertiary/aromatic N) is 2. The van der Waals surface area contributed by atoms with Gasteiger partial charge >= 0.3 is 0 Å². The maximum Gasteiger partial charge on any atom is 0.243 e. The molecule has 2 aromatic carbocycles. The SMILES string of the molecule is O=C(CCCSc1nc(-c2ccc(Cl)cc2)cc(-c2ccc(Cl)cc2)n1)NO. The fourth-order valence-electron chi connectivity index (χ4n) is 2.48. The number of carbonyl (C=O) groups excluding carboxylic acids is 1. The lowest BCUT2D eigenvalue weighted by Crippen LogP contribution is -2.18. The number of halogens is 2. The van der Waals surface area contributed by atoms with Gasteiger partial charge in [0.25, 0.3) is 0 Å². The highest BCUT2D eigenvalue weighted by molar-refractivity contribution is 7.99. The van der Waals surface area contributed by atoms with Crippen molar-refractivity contribution in [1.29, 1.82) is 0 Å². The standard InChI is InChI=1S/C20H17Cl2N3O2S/c21-15-7-3-13(4-8-15)17-12-18(14-5-9-16(22)10-6-14)24-20(23-17)28-11-1-2-19(26)25-27/h3-10,12,27H,1-2,11H2,(H,25,26). The first-order chi connectivity index (χ1) is 13.5. The molecule has 1 aromatic heterocycles. The van der Waals surface area contributed by atoms with Crippen LogP contribution in [0.5, 0.6) is 0 Å². The summed E-state index contributed by atoms with van der Waals surface area (Å²) in [5, 5.41) is 10.5. The van der Waals surface area contributed by atoms with Crippen LogP contribution in [-0.2, 0) is 4.79 Å². The van der Waals surface area contributed by atoms with Gasteiger partial charge in [0.1, 0.15) is 0 Å². The van der Waals surface area contributed by atoms with E-state index < -0.39 is 5.91 Å². The van der Waals surface area contributed by atoms with Crippen LogP contribution in [0.25, 0.3) is 22.5 Å². The molecule has 28 heavy (non-hydrogen) atoms. The van der Waals surface area contributed by atoms with Gasteiger partial charge in [0.05, 0.1) is 11.4 Å². The number of nitrogens with one attached hydrogen (secondary N) is 1. The van der Waals surface area contributed by atoms with Crippen LogP contribution in [0.1, 0.15) is 12.8 Å². The lowest BCUT2D eigenvalue weighted by molar-refractivity contribution is -0.129. The number of thioether (sulfide) groups is 1. The minimum Gasteiger partial charge on any atom is -0.289 e. The Kier molecular flexibility index (Phi) is 7.28. The first kappa shape index (κ1) is 20.6. The van der Waals surface area contributed by atoms with Gasteiger partial charge in [-0.15, -0.1) is 0 Å². The summed E-state index contributed by atoms with van der Waals surface area (Å²) in [4.78, 5) is 20.4. The van der Waals surface area contributed by atoms with Crippen molar-refractivity contribution in [1.82, 2.24) is 15.4 Å². The molecule has 0 aliphatic carbocycles. The van der Waals surface area contributed by atoms with Gasteiger partial charge < -0.3 is 0 Å². The van der Waals surface area contributed by atoms with Crippen molar-refractivity contribution in [2.24, 2.45) is 0 Å². The third kappa shape index (κ3) is 5.69. The van der Waals surface area contributed by atoms with E-state index in [0.717, 1.165) is 22.5 Å². The van der Waals surface area contributed by atoms with Gasteiger partial charge in [0.15, 0.2) is 5.16 Å². The molecule has 5 nitrogen and oxygen atoms in total. The fourth-order valence-corrected chi connectivity index (χ4v) is 3.53. The molecule has 0 atom stereocenters. The molecular weight excluding hydrogens is 417 g/mol. The van der Waals surface area contributed by atoms with E-state index in [-0.39, 0.29) is 6.42 Å². The van der Waals surface area contributed by atoms with Crippen molar-refractivity contribution in [2.45, 2.75) is 18.0 Å². The highest BCUT2D eigenvalue weighted by Crippen LogP contribution is 2.28. The molecule has 1 amide bonds. The zero-order valence-electron chi connectivity index (χ0n) is 14.7. The molecule has 0 unspecified atom stereocenters. The van der Waals surface area contributed by atoms with Crippen LogP contribution < -0.4 is 5.48 Å². The van der Waals surface area contributed by atoms with E-state index in [1.165, 1.54) is 11.8 Å². The van der Waals surface area contributed by atoms with Crippen LogP contribution in [0.15, 0.2) is 59.8 Å². The zero-order chi connectivity index (χ0) is 19.9. The summed E-state index contributed by atoms with van der Waals surface area (Å²) >= 11 is 13.4. The summed E-state index contributed by atoms with van der Waals surface area (Å²) in [5.74, 6) is 0.246. The van der Waals surface area contributed by atoms with E-state index in [4.69, 9.17) is 28.4 Å². The van der Waals surface area contributed by atoms with E-state index >= 15 is 0 Å². The van der Waals surface area contributed by atoms with E-state index in [0.29, 0.717) is 27.4 Å². The van der Waals surface area contributed by atoms with Crippen LogP contribution >= 0.6 is 35.0 Å². The first-order valence-electron chi connectivity index (χ1n) is 8.52.